The van der Waals surface area contributed by atoms with E-state index in [2.05, 4.69) is 25.3 Å². The lowest BCUT2D eigenvalue weighted by Gasteiger charge is -2.08. The van der Waals surface area contributed by atoms with Gasteiger partial charge in [0.2, 0.25) is 0 Å². The van der Waals surface area contributed by atoms with Crippen LogP contribution in [0.5, 0.6) is 0 Å². The monoisotopic (exact) mass is 614 g/mol. The first-order valence-corrected chi connectivity index (χ1v) is 17.1. The summed E-state index contributed by atoms with van der Waals surface area (Å²) in [5, 5.41) is 0. The maximum atomic E-state index is 13.2. The van der Waals surface area contributed by atoms with Crippen molar-refractivity contribution in [3.05, 3.63) is 70.8 Å². The molecule has 2 aromatic rings. The first-order chi connectivity index (χ1) is 20.6. The van der Waals surface area contributed by atoms with Crippen molar-refractivity contribution in [3.63, 3.8) is 0 Å². The van der Waals surface area contributed by atoms with Gasteiger partial charge in [-0.3, -0.25) is 4.79 Å². The molecule has 42 heavy (non-hydrogen) atoms. The number of hydrogen-bond donors (Lipinski definition) is 2. The first kappa shape index (κ1) is 35.9. The Morgan fingerprint density at radius 2 is 0.762 bits per heavy atom. The van der Waals surface area contributed by atoms with Crippen LogP contribution in [0.3, 0.4) is 0 Å². The summed E-state index contributed by atoms with van der Waals surface area (Å²) >= 11 is 8.48. The fraction of sp³-hybridized carbons (Fsp3) is 0.571. The third-order valence-corrected chi connectivity index (χ3v) is 7.92. The Kier molecular flexibility index (Phi) is 19.9. The minimum Gasteiger partial charge on any atom is -0.462 e. The second kappa shape index (κ2) is 23.2. The number of carbonyl (C=O) groups excluding carboxylic acids is 3. The first-order valence-electron chi connectivity index (χ1n) is 15.9. The van der Waals surface area contributed by atoms with Gasteiger partial charge in [0, 0.05) is 11.1 Å². The third-order valence-electron chi connectivity index (χ3n) is 7.29. The molecule has 0 N–H and O–H groups in total. The van der Waals surface area contributed by atoms with Gasteiger partial charge in [-0.15, -0.1) is 0 Å². The Morgan fingerprint density at radius 1 is 0.452 bits per heavy atom. The predicted octanol–water partition coefficient (Wildman–Crippen LogP) is 9.33. The molecule has 2 rings (SSSR count). The number of esters is 2. The van der Waals surface area contributed by atoms with E-state index in [-0.39, 0.29) is 5.78 Å². The Labute approximate surface area is 264 Å². The molecule has 0 unspecified atom stereocenters. The number of thiol groups is 2. The molecule has 7 heteroatoms. The largest absolute Gasteiger partial charge is 0.462 e. The van der Waals surface area contributed by atoms with Crippen molar-refractivity contribution in [2.24, 2.45) is 0 Å². The Bertz CT molecular complexity index is 974. The van der Waals surface area contributed by atoms with Crippen molar-refractivity contribution in [2.45, 2.75) is 103 Å². The summed E-state index contributed by atoms with van der Waals surface area (Å²) in [6.45, 7) is 0.745. The van der Waals surface area contributed by atoms with Crippen molar-refractivity contribution in [2.75, 3.05) is 24.7 Å². The molecule has 0 bridgehead atoms. The Morgan fingerprint density at radius 3 is 1.12 bits per heavy atom. The van der Waals surface area contributed by atoms with Crippen molar-refractivity contribution >= 4 is 43.0 Å². The normalized spacial score (nSPS) is 10.9. The summed E-state index contributed by atoms with van der Waals surface area (Å²) in [4.78, 5) is 38.3. The molecule has 0 fully saturated rings. The zero-order chi connectivity index (χ0) is 30.3. The number of hydrogen-bond acceptors (Lipinski definition) is 7. The molecule has 0 aromatic heterocycles. The van der Waals surface area contributed by atoms with E-state index in [0.717, 1.165) is 50.0 Å². The molecule has 0 aliphatic rings. The highest BCUT2D eigenvalue weighted by molar-refractivity contribution is 7.80. The standard InChI is InChI=1S/C35H50O5S2/c36-33(29-19-17-21-31(27-29)34(37)39-23-13-9-5-1-3-7-11-15-25-41)30-20-18-22-32(28-30)35(38)40-24-14-10-6-2-4-8-12-16-26-42/h17-22,27-28,41-42H,1-16,23-26H2. The van der Waals surface area contributed by atoms with E-state index < -0.39 is 11.9 Å². The number of benzene rings is 2. The summed E-state index contributed by atoms with van der Waals surface area (Å²) < 4.78 is 10.9. The fourth-order valence-corrected chi connectivity index (χ4v) is 5.23. The van der Waals surface area contributed by atoms with Crippen LogP contribution in [0.25, 0.3) is 0 Å². The van der Waals surface area contributed by atoms with E-state index in [4.69, 9.17) is 9.47 Å². The number of ether oxygens (including phenoxy) is 2. The van der Waals surface area contributed by atoms with Crippen molar-refractivity contribution in [3.8, 4) is 0 Å². The highest BCUT2D eigenvalue weighted by atomic mass is 32.1. The molecule has 0 aliphatic heterocycles. The van der Waals surface area contributed by atoms with Gasteiger partial charge in [0.25, 0.3) is 0 Å². The van der Waals surface area contributed by atoms with Gasteiger partial charge >= 0.3 is 11.9 Å². The minimum atomic E-state index is -0.428. The smallest absolute Gasteiger partial charge is 0.338 e. The van der Waals surface area contributed by atoms with Crippen molar-refractivity contribution in [1.29, 1.82) is 0 Å². The lowest BCUT2D eigenvalue weighted by Crippen LogP contribution is -2.10. The van der Waals surface area contributed by atoms with E-state index >= 15 is 0 Å². The van der Waals surface area contributed by atoms with Crippen LogP contribution >= 0.6 is 25.3 Å². The molecule has 0 spiro atoms. The summed E-state index contributed by atoms with van der Waals surface area (Å²) in [5.74, 6) is 0.807. The third kappa shape index (κ3) is 15.3. The number of carbonyl (C=O) groups is 3. The predicted molar refractivity (Wildman–Crippen MR) is 178 cm³/mol. The van der Waals surface area contributed by atoms with E-state index in [1.807, 2.05) is 0 Å². The molecule has 232 valence electrons. The lowest BCUT2D eigenvalue weighted by atomic mass is 10.00. The maximum Gasteiger partial charge on any atom is 0.338 e. The molecular formula is C35H50O5S2. The van der Waals surface area contributed by atoms with Crippen LogP contribution in [0.15, 0.2) is 48.5 Å². The molecule has 2 aromatic carbocycles. The average Bonchev–Trinajstić information content (AvgIpc) is 3.02. The van der Waals surface area contributed by atoms with Gasteiger partial charge in [-0.05, 0) is 61.5 Å². The molecule has 0 heterocycles. The van der Waals surface area contributed by atoms with E-state index in [1.165, 1.54) is 64.2 Å². The van der Waals surface area contributed by atoms with Crippen LogP contribution in [0.4, 0.5) is 0 Å². The quantitative estimate of drug-likeness (QED) is 0.0534. The highest BCUT2D eigenvalue weighted by Gasteiger charge is 2.16. The zero-order valence-corrected chi connectivity index (χ0v) is 27.0. The molecule has 0 amide bonds. The van der Waals surface area contributed by atoms with Gasteiger partial charge in [0.1, 0.15) is 0 Å². The Hall–Kier alpha value is -2.25. The zero-order valence-electron chi connectivity index (χ0n) is 25.2. The van der Waals surface area contributed by atoms with Gasteiger partial charge in [-0.2, -0.15) is 25.3 Å². The summed E-state index contributed by atoms with van der Waals surface area (Å²) in [5.41, 5.74) is 1.44. The molecule has 0 atom stereocenters. The highest BCUT2D eigenvalue weighted by Crippen LogP contribution is 2.16. The molecule has 0 saturated carbocycles. The summed E-state index contributed by atoms with van der Waals surface area (Å²) in [7, 11) is 0. The van der Waals surface area contributed by atoms with Gasteiger partial charge in [0.05, 0.1) is 24.3 Å². The molecule has 0 aliphatic carbocycles. The second-order valence-corrected chi connectivity index (χ2v) is 11.8. The SMILES string of the molecule is O=C(OCCCCCCCCCCS)c1cccc(C(=O)c2cccc(C(=O)OCCCCCCCCCCS)c2)c1. The average molecular weight is 615 g/mol. The van der Waals surface area contributed by atoms with Crippen LogP contribution in [0, 0.1) is 0 Å². The fourth-order valence-electron chi connectivity index (χ4n) is 4.79. The van der Waals surface area contributed by atoms with Gasteiger partial charge in [-0.1, -0.05) is 101 Å². The topological polar surface area (TPSA) is 69.7 Å². The maximum absolute atomic E-state index is 13.2. The van der Waals surface area contributed by atoms with Crippen LogP contribution < -0.4 is 0 Å². The summed E-state index contributed by atoms with van der Waals surface area (Å²) in [6.07, 6.45) is 18.3. The van der Waals surface area contributed by atoms with E-state index in [9.17, 15) is 14.4 Å². The lowest BCUT2D eigenvalue weighted by molar-refractivity contribution is 0.0488. The van der Waals surface area contributed by atoms with Crippen molar-refractivity contribution in [1.82, 2.24) is 0 Å². The van der Waals surface area contributed by atoms with Gasteiger partial charge < -0.3 is 9.47 Å². The van der Waals surface area contributed by atoms with E-state index in [0.29, 0.717) is 35.5 Å². The molecule has 0 saturated heterocycles. The summed E-state index contributed by atoms with van der Waals surface area (Å²) in [6, 6.07) is 13.1. The van der Waals surface area contributed by atoms with Crippen LogP contribution in [0.1, 0.15) is 139 Å². The van der Waals surface area contributed by atoms with Crippen LogP contribution in [-0.2, 0) is 9.47 Å². The van der Waals surface area contributed by atoms with Crippen molar-refractivity contribution < 1.29 is 23.9 Å². The molecule has 0 radical (unpaired) electrons. The second-order valence-electron chi connectivity index (χ2n) is 10.9. The molecular weight excluding hydrogens is 565 g/mol. The number of rotatable bonds is 24. The van der Waals surface area contributed by atoms with E-state index in [1.54, 1.807) is 48.5 Å². The van der Waals surface area contributed by atoms with Gasteiger partial charge in [-0.25, -0.2) is 9.59 Å². The van der Waals surface area contributed by atoms with Crippen LogP contribution in [-0.4, -0.2) is 42.4 Å². The van der Waals surface area contributed by atoms with Gasteiger partial charge in [0.15, 0.2) is 5.78 Å². The number of unbranched alkanes of at least 4 members (excludes halogenated alkanes) is 14. The number of ketones is 1. The Balaban J connectivity index is 1.73. The minimum absolute atomic E-state index is 0.261. The van der Waals surface area contributed by atoms with Crippen LogP contribution in [0.2, 0.25) is 0 Å². The molecule has 5 nitrogen and oxygen atoms in total.